The van der Waals surface area contributed by atoms with E-state index < -0.39 is 0 Å². The van der Waals surface area contributed by atoms with E-state index in [2.05, 4.69) is 35.8 Å². The van der Waals surface area contributed by atoms with Crippen LogP contribution in [0.25, 0.3) is 0 Å². The lowest BCUT2D eigenvalue weighted by atomic mass is 10.2. The van der Waals surface area contributed by atoms with E-state index in [1.165, 1.54) is 20.0 Å². The van der Waals surface area contributed by atoms with Gasteiger partial charge < -0.3 is 15.0 Å². The first-order valence-corrected chi connectivity index (χ1v) is 6.55. The molecule has 1 N–H and O–H groups in total. The van der Waals surface area contributed by atoms with Gasteiger partial charge >= 0.3 is 5.97 Å². The van der Waals surface area contributed by atoms with Crippen LogP contribution in [0.1, 0.15) is 39.5 Å². The Kier molecular flexibility index (Phi) is 10.2. The van der Waals surface area contributed by atoms with Crippen molar-refractivity contribution in [2.24, 2.45) is 0 Å². The predicted octanol–water partition coefficient (Wildman–Crippen LogP) is 1.65. The fourth-order valence-corrected chi connectivity index (χ4v) is 1.45. The molecule has 0 amide bonds. The molecule has 0 radical (unpaired) electrons. The highest BCUT2D eigenvalue weighted by atomic mass is 16.5. The first-order chi connectivity index (χ1) is 8.07. The molecule has 4 heteroatoms. The lowest BCUT2D eigenvalue weighted by Gasteiger charge is -2.20. The van der Waals surface area contributed by atoms with Crippen molar-refractivity contribution in [2.45, 2.75) is 45.6 Å². The number of carbonyl (C=O) groups excluding carboxylic acids is 1. The van der Waals surface area contributed by atoms with Crippen LogP contribution in [0.15, 0.2) is 0 Å². The van der Waals surface area contributed by atoms with Crippen LogP contribution in [0.5, 0.6) is 0 Å². The van der Waals surface area contributed by atoms with Crippen LogP contribution in [0.4, 0.5) is 0 Å². The van der Waals surface area contributed by atoms with Gasteiger partial charge in [0, 0.05) is 12.5 Å². The van der Waals surface area contributed by atoms with Crippen LogP contribution < -0.4 is 5.32 Å². The second-order valence-electron chi connectivity index (χ2n) is 4.71. The molecule has 0 heterocycles. The summed E-state index contributed by atoms with van der Waals surface area (Å²) in [6, 6.07) is 0.628. The Labute approximate surface area is 106 Å². The normalized spacial score (nSPS) is 11.2. The number of esters is 1. The molecular weight excluding hydrogens is 216 g/mol. The summed E-state index contributed by atoms with van der Waals surface area (Å²) in [6.45, 7) is 7.51. The van der Waals surface area contributed by atoms with Crippen molar-refractivity contribution in [3.63, 3.8) is 0 Å². The average molecular weight is 244 g/mol. The summed E-state index contributed by atoms with van der Waals surface area (Å²) >= 11 is 0. The number of nitrogens with zero attached hydrogens (tertiary/aromatic N) is 1. The van der Waals surface area contributed by atoms with Crippen molar-refractivity contribution in [1.29, 1.82) is 0 Å². The van der Waals surface area contributed by atoms with Gasteiger partial charge in [0.25, 0.3) is 0 Å². The third-order valence-corrected chi connectivity index (χ3v) is 2.96. The zero-order chi connectivity index (χ0) is 13.1. The Morgan fingerprint density at radius 2 is 1.88 bits per heavy atom. The molecule has 0 aliphatic carbocycles. The number of nitrogens with one attached hydrogen (secondary N) is 1. The SMILES string of the molecule is COC(=O)CCCNCCCCN(C)C(C)C. The largest absolute Gasteiger partial charge is 0.469 e. The van der Waals surface area contributed by atoms with E-state index in [9.17, 15) is 4.79 Å². The predicted molar refractivity (Wildman–Crippen MR) is 71.1 cm³/mol. The summed E-state index contributed by atoms with van der Waals surface area (Å²) in [7, 11) is 3.59. The maximum Gasteiger partial charge on any atom is 0.305 e. The Hall–Kier alpha value is -0.610. The van der Waals surface area contributed by atoms with Gasteiger partial charge in [0.1, 0.15) is 0 Å². The van der Waals surface area contributed by atoms with Crippen molar-refractivity contribution in [3.8, 4) is 0 Å². The fourth-order valence-electron chi connectivity index (χ4n) is 1.45. The molecule has 102 valence electrons. The number of methoxy groups -OCH3 is 1. The van der Waals surface area contributed by atoms with Gasteiger partial charge in [0.05, 0.1) is 7.11 Å². The van der Waals surface area contributed by atoms with E-state index in [0.29, 0.717) is 12.5 Å². The lowest BCUT2D eigenvalue weighted by molar-refractivity contribution is -0.140. The second-order valence-corrected chi connectivity index (χ2v) is 4.71. The zero-order valence-corrected chi connectivity index (χ0v) is 11.8. The van der Waals surface area contributed by atoms with Crippen LogP contribution in [0.3, 0.4) is 0 Å². The number of carbonyl (C=O) groups is 1. The molecule has 0 rings (SSSR count). The van der Waals surface area contributed by atoms with Gasteiger partial charge in [-0.2, -0.15) is 0 Å². The van der Waals surface area contributed by atoms with Crippen molar-refractivity contribution in [2.75, 3.05) is 33.8 Å². The molecular formula is C13H28N2O2. The topological polar surface area (TPSA) is 41.6 Å². The van der Waals surface area contributed by atoms with Crippen LogP contribution in [0.2, 0.25) is 0 Å². The number of unbranched alkanes of at least 4 members (excludes halogenated alkanes) is 1. The van der Waals surface area contributed by atoms with Crippen molar-refractivity contribution >= 4 is 5.97 Å². The first-order valence-electron chi connectivity index (χ1n) is 6.55. The Bertz CT molecular complexity index is 196. The van der Waals surface area contributed by atoms with E-state index in [1.807, 2.05) is 0 Å². The maximum atomic E-state index is 10.8. The highest BCUT2D eigenvalue weighted by molar-refractivity contribution is 5.68. The van der Waals surface area contributed by atoms with Crippen LogP contribution in [0, 0.1) is 0 Å². The quantitative estimate of drug-likeness (QED) is 0.469. The van der Waals surface area contributed by atoms with E-state index >= 15 is 0 Å². The third kappa shape index (κ3) is 10.3. The molecule has 0 aromatic heterocycles. The minimum Gasteiger partial charge on any atom is -0.469 e. The van der Waals surface area contributed by atoms with Crippen LogP contribution >= 0.6 is 0 Å². The van der Waals surface area contributed by atoms with E-state index in [-0.39, 0.29) is 5.97 Å². The minimum atomic E-state index is -0.120. The van der Waals surface area contributed by atoms with Crippen LogP contribution in [-0.2, 0) is 9.53 Å². The first kappa shape index (κ1) is 16.4. The Balaban J connectivity index is 3.16. The van der Waals surface area contributed by atoms with Gasteiger partial charge in [-0.05, 0) is 59.8 Å². The summed E-state index contributed by atoms with van der Waals surface area (Å²) in [5.74, 6) is -0.120. The maximum absolute atomic E-state index is 10.8. The van der Waals surface area contributed by atoms with E-state index in [1.54, 1.807) is 0 Å². The number of hydrogen-bond donors (Lipinski definition) is 1. The van der Waals surface area contributed by atoms with Gasteiger partial charge in [0.2, 0.25) is 0 Å². The smallest absolute Gasteiger partial charge is 0.305 e. The van der Waals surface area contributed by atoms with Crippen molar-refractivity contribution < 1.29 is 9.53 Å². The number of ether oxygens (including phenoxy) is 1. The van der Waals surface area contributed by atoms with E-state index in [4.69, 9.17) is 0 Å². The molecule has 0 saturated heterocycles. The summed E-state index contributed by atoms with van der Waals surface area (Å²) in [5.41, 5.74) is 0. The second kappa shape index (κ2) is 10.5. The third-order valence-electron chi connectivity index (χ3n) is 2.96. The summed E-state index contributed by atoms with van der Waals surface area (Å²) < 4.78 is 4.57. The molecule has 0 aliphatic rings. The molecule has 0 aromatic carbocycles. The molecule has 0 fully saturated rings. The molecule has 0 aromatic rings. The lowest BCUT2D eigenvalue weighted by Crippen LogP contribution is -2.28. The highest BCUT2D eigenvalue weighted by Crippen LogP contribution is 1.97. The molecule has 0 spiro atoms. The van der Waals surface area contributed by atoms with Gasteiger partial charge in [-0.15, -0.1) is 0 Å². The number of rotatable bonds is 10. The Morgan fingerprint density at radius 1 is 1.24 bits per heavy atom. The fraction of sp³-hybridized carbons (Fsp3) is 0.923. The number of hydrogen-bond acceptors (Lipinski definition) is 4. The molecule has 0 unspecified atom stereocenters. The molecule has 4 nitrogen and oxygen atoms in total. The summed E-state index contributed by atoms with van der Waals surface area (Å²) in [5, 5.41) is 3.34. The zero-order valence-electron chi connectivity index (χ0n) is 11.8. The molecule has 0 bridgehead atoms. The van der Waals surface area contributed by atoms with Gasteiger partial charge in [-0.25, -0.2) is 0 Å². The monoisotopic (exact) mass is 244 g/mol. The Morgan fingerprint density at radius 3 is 2.47 bits per heavy atom. The summed E-state index contributed by atoms with van der Waals surface area (Å²) in [4.78, 5) is 13.2. The van der Waals surface area contributed by atoms with Crippen molar-refractivity contribution in [1.82, 2.24) is 10.2 Å². The standard InChI is InChI=1S/C13H28N2O2/c1-12(2)15(3)11-6-5-9-14-10-7-8-13(16)17-4/h12,14H,5-11H2,1-4H3. The highest BCUT2D eigenvalue weighted by Gasteiger charge is 2.02. The van der Waals surface area contributed by atoms with Gasteiger partial charge in [-0.3, -0.25) is 4.79 Å². The van der Waals surface area contributed by atoms with Crippen LogP contribution in [-0.4, -0.2) is 50.7 Å². The van der Waals surface area contributed by atoms with Gasteiger partial charge in [-0.1, -0.05) is 0 Å². The van der Waals surface area contributed by atoms with Gasteiger partial charge in [0.15, 0.2) is 0 Å². The van der Waals surface area contributed by atoms with E-state index in [0.717, 1.165) is 26.1 Å². The van der Waals surface area contributed by atoms with Crippen molar-refractivity contribution in [3.05, 3.63) is 0 Å². The average Bonchev–Trinajstić information content (AvgIpc) is 2.31. The minimum absolute atomic E-state index is 0.120. The molecule has 0 aliphatic heterocycles. The molecule has 0 atom stereocenters. The molecule has 17 heavy (non-hydrogen) atoms. The molecule has 0 saturated carbocycles. The summed E-state index contributed by atoms with van der Waals surface area (Å²) in [6.07, 6.45) is 3.78.